The first-order valence-electron chi connectivity index (χ1n) is 5.67. The van der Waals surface area contributed by atoms with Gasteiger partial charge in [-0.15, -0.1) is 0 Å². The lowest BCUT2D eigenvalue weighted by molar-refractivity contribution is -0.125. The summed E-state index contributed by atoms with van der Waals surface area (Å²) in [5.74, 6) is 0.0665. The van der Waals surface area contributed by atoms with Crippen LogP contribution in [0.3, 0.4) is 0 Å². The van der Waals surface area contributed by atoms with Gasteiger partial charge in [-0.05, 0) is 31.4 Å². The molecule has 0 radical (unpaired) electrons. The van der Waals surface area contributed by atoms with Crippen molar-refractivity contribution in [3.8, 4) is 0 Å². The van der Waals surface area contributed by atoms with Gasteiger partial charge in [0.05, 0.1) is 11.9 Å². The summed E-state index contributed by atoms with van der Waals surface area (Å²) < 4.78 is 0. The van der Waals surface area contributed by atoms with E-state index < -0.39 is 0 Å². The van der Waals surface area contributed by atoms with Gasteiger partial charge in [0, 0.05) is 12.8 Å². The van der Waals surface area contributed by atoms with Crippen LogP contribution in [0.1, 0.15) is 31.2 Å². The van der Waals surface area contributed by atoms with Gasteiger partial charge >= 0.3 is 0 Å². The molecule has 1 aromatic heterocycles. The second-order valence-corrected chi connectivity index (χ2v) is 4.24. The van der Waals surface area contributed by atoms with Crippen molar-refractivity contribution in [3.63, 3.8) is 0 Å². The number of imide groups is 1. The molecule has 5 nitrogen and oxygen atoms in total. The van der Waals surface area contributed by atoms with E-state index in [0.717, 1.165) is 18.4 Å². The Hall–Kier alpha value is -1.91. The van der Waals surface area contributed by atoms with Crippen molar-refractivity contribution in [1.82, 2.24) is 4.98 Å². The number of hydrogen-bond donors (Lipinski definition) is 1. The molecule has 2 rings (SSSR count). The van der Waals surface area contributed by atoms with E-state index in [-0.39, 0.29) is 11.8 Å². The van der Waals surface area contributed by atoms with Crippen molar-refractivity contribution < 1.29 is 9.59 Å². The minimum absolute atomic E-state index is 0.173. The maximum atomic E-state index is 11.9. The first-order valence-corrected chi connectivity index (χ1v) is 5.67. The third-order valence-electron chi connectivity index (χ3n) is 2.81. The first-order chi connectivity index (χ1) is 8.09. The number of nitrogens with two attached hydrogens (primary N) is 1. The van der Waals surface area contributed by atoms with Crippen LogP contribution in [0.15, 0.2) is 12.3 Å². The van der Waals surface area contributed by atoms with Crippen LogP contribution in [-0.2, 0) is 9.59 Å². The molecule has 90 valence electrons. The normalized spacial score (nSPS) is 17.1. The first kappa shape index (κ1) is 11.6. The van der Waals surface area contributed by atoms with Crippen LogP contribution in [0.2, 0.25) is 0 Å². The third kappa shape index (κ3) is 2.27. The van der Waals surface area contributed by atoms with Crippen LogP contribution in [0.4, 0.5) is 11.5 Å². The number of anilines is 2. The van der Waals surface area contributed by atoms with Gasteiger partial charge < -0.3 is 5.73 Å². The maximum Gasteiger partial charge on any atom is 0.234 e. The van der Waals surface area contributed by atoms with Crippen molar-refractivity contribution >= 4 is 23.3 Å². The molecule has 1 fully saturated rings. The fourth-order valence-corrected chi connectivity index (χ4v) is 1.97. The van der Waals surface area contributed by atoms with Crippen molar-refractivity contribution in [2.75, 3.05) is 10.6 Å². The number of carbonyl (C=O) groups is 2. The lowest BCUT2D eigenvalue weighted by Gasteiger charge is -2.19. The summed E-state index contributed by atoms with van der Waals surface area (Å²) in [5, 5.41) is 0. The summed E-state index contributed by atoms with van der Waals surface area (Å²) in [5.41, 5.74) is 6.88. The average molecular weight is 233 g/mol. The fourth-order valence-electron chi connectivity index (χ4n) is 1.97. The predicted octanol–water partition coefficient (Wildman–Crippen LogP) is 1.41. The van der Waals surface area contributed by atoms with Crippen molar-refractivity contribution in [1.29, 1.82) is 0 Å². The molecule has 5 heteroatoms. The molecule has 1 aliphatic rings. The molecule has 1 aliphatic heterocycles. The highest BCUT2D eigenvalue weighted by Crippen LogP contribution is 2.23. The zero-order chi connectivity index (χ0) is 12.4. The number of rotatable bonds is 1. The van der Waals surface area contributed by atoms with E-state index in [0.29, 0.717) is 24.3 Å². The highest BCUT2D eigenvalue weighted by atomic mass is 16.2. The molecule has 17 heavy (non-hydrogen) atoms. The Morgan fingerprint density at radius 3 is 2.35 bits per heavy atom. The number of amides is 2. The Labute approximate surface area is 99.6 Å². The van der Waals surface area contributed by atoms with E-state index in [1.165, 1.54) is 11.1 Å². The monoisotopic (exact) mass is 233 g/mol. The molecular formula is C12H15N3O2. The van der Waals surface area contributed by atoms with Crippen molar-refractivity contribution in [2.24, 2.45) is 0 Å². The molecule has 0 aliphatic carbocycles. The Morgan fingerprint density at radius 1 is 1.24 bits per heavy atom. The smallest absolute Gasteiger partial charge is 0.234 e. The summed E-state index contributed by atoms with van der Waals surface area (Å²) in [6.45, 7) is 1.80. The van der Waals surface area contributed by atoms with Gasteiger partial charge in [-0.3, -0.25) is 9.59 Å². The zero-order valence-corrected chi connectivity index (χ0v) is 9.77. The van der Waals surface area contributed by atoms with Crippen molar-refractivity contribution in [3.05, 3.63) is 17.8 Å². The average Bonchev–Trinajstić information content (AvgIpc) is 2.42. The molecule has 2 amide bonds. The number of nitrogen functional groups attached to an aromatic ring is 1. The quantitative estimate of drug-likeness (QED) is 0.744. The summed E-state index contributed by atoms with van der Waals surface area (Å²) in [4.78, 5) is 29.1. The van der Waals surface area contributed by atoms with E-state index in [1.54, 1.807) is 13.0 Å². The Bertz CT molecular complexity index is 453. The van der Waals surface area contributed by atoms with E-state index in [9.17, 15) is 9.59 Å². The van der Waals surface area contributed by atoms with Gasteiger partial charge in [0.2, 0.25) is 11.8 Å². The number of nitrogens with zero attached hydrogens (tertiary/aromatic N) is 2. The Balaban J connectivity index is 2.41. The second-order valence-electron chi connectivity index (χ2n) is 4.24. The minimum atomic E-state index is -0.173. The molecule has 0 unspecified atom stereocenters. The van der Waals surface area contributed by atoms with Gasteiger partial charge in [-0.2, -0.15) is 0 Å². The van der Waals surface area contributed by atoms with Gasteiger partial charge in [-0.1, -0.05) is 0 Å². The molecule has 1 aromatic rings. The van der Waals surface area contributed by atoms with Crippen LogP contribution in [0, 0.1) is 6.92 Å². The van der Waals surface area contributed by atoms with Gasteiger partial charge in [0.15, 0.2) is 0 Å². The largest absolute Gasteiger partial charge is 0.397 e. The van der Waals surface area contributed by atoms with Crippen LogP contribution in [0.25, 0.3) is 0 Å². The summed E-state index contributed by atoms with van der Waals surface area (Å²) in [7, 11) is 0. The summed E-state index contributed by atoms with van der Waals surface area (Å²) in [6.07, 6.45) is 3.78. The molecule has 0 aromatic carbocycles. The lowest BCUT2D eigenvalue weighted by Crippen LogP contribution is -2.36. The Kier molecular flexibility index (Phi) is 3.08. The number of carbonyl (C=O) groups excluding carboxylic acids is 2. The van der Waals surface area contributed by atoms with Gasteiger partial charge in [0.1, 0.15) is 5.82 Å². The highest BCUT2D eigenvalue weighted by Gasteiger charge is 2.27. The number of aromatic nitrogens is 1. The predicted molar refractivity (Wildman–Crippen MR) is 64.3 cm³/mol. The van der Waals surface area contributed by atoms with Gasteiger partial charge in [0.25, 0.3) is 0 Å². The van der Waals surface area contributed by atoms with E-state index in [1.807, 2.05) is 0 Å². The summed E-state index contributed by atoms with van der Waals surface area (Å²) >= 11 is 0. The van der Waals surface area contributed by atoms with Crippen LogP contribution >= 0.6 is 0 Å². The SMILES string of the molecule is Cc1cc(N)cnc1N1C(=O)CCCCC1=O. The number of aryl methyl sites for hydroxylation is 1. The molecule has 0 bridgehead atoms. The second kappa shape index (κ2) is 4.53. The lowest BCUT2D eigenvalue weighted by atomic mass is 10.2. The third-order valence-corrected chi connectivity index (χ3v) is 2.81. The molecule has 2 N–H and O–H groups in total. The van der Waals surface area contributed by atoms with E-state index in [2.05, 4.69) is 4.98 Å². The van der Waals surface area contributed by atoms with Crippen LogP contribution < -0.4 is 10.6 Å². The molecule has 0 saturated carbocycles. The Morgan fingerprint density at radius 2 is 1.82 bits per heavy atom. The topological polar surface area (TPSA) is 76.3 Å². The summed E-state index contributed by atoms with van der Waals surface area (Å²) in [6, 6.07) is 1.72. The van der Waals surface area contributed by atoms with Gasteiger partial charge in [-0.25, -0.2) is 9.88 Å². The van der Waals surface area contributed by atoms with Crippen LogP contribution in [-0.4, -0.2) is 16.8 Å². The standard InChI is InChI=1S/C12H15N3O2/c1-8-6-9(13)7-14-12(8)15-10(16)4-2-3-5-11(15)17/h6-7H,2-5,13H2,1H3. The molecule has 2 heterocycles. The molecule has 0 spiro atoms. The molecule has 0 atom stereocenters. The maximum absolute atomic E-state index is 11.9. The number of pyridine rings is 1. The number of hydrogen-bond acceptors (Lipinski definition) is 4. The fraction of sp³-hybridized carbons (Fsp3) is 0.417. The van der Waals surface area contributed by atoms with E-state index in [4.69, 9.17) is 5.73 Å². The van der Waals surface area contributed by atoms with E-state index >= 15 is 0 Å². The minimum Gasteiger partial charge on any atom is -0.397 e. The molecular weight excluding hydrogens is 218 g/mol. The molecule has 1 saturated heterocycles. The zero-order valence-electron chi connectivity index (χ0n) is 9.77. The highest BCUT2D eigenvalue weighted by molar-refractivity contribution is 6.15. The van der Waals surface area contributed by atoms with Crippen LogP contribution in [0.5, 0.6) is 0 Å². The van der Waals surface area contributed by atoms with Crippen molar-refractivity contribution in [2.45, 2.75) is 32.6 Å².